The van der Waals surface area contributed by atoms with E-state index in [1.165, 1.54) is 76.9 Å². The number of allylic oxidation sites excluding steroid dienone is 4. The number of aryl methyl sites for hydroxylation is 4. The summed E-state index contributed by atoms with van der Waals surface area (Å²) in [6, 6.07) is 21.8. The molecule has 4 amide bonds. The molecule has 9 aliphatic rings. The Morgan fingerprint density at radius 3 is 0.845 bits per heavy atom. The normalized spacial score (nSPS) is 16.6. The smallest absolute Gasteiger partial charge is 0.331 e. The maximum absolute atomic E-state index is 13.6. The molecule has 0 bridgehead atoms. The number of nitrogens with one attached hydrogen (secondary N) is 4. The zero-order valence-electron chi connectivity index (χ0n) is 82.7. The predicted molar refractivity (Wildman–Crippen MR) is 537 cm³/mol. The molecule has 0 radical (unpaired) electrons. The van der Waals surface area contributed by atoms with Crippen molar-refractivity contribution in [3.8, 4) is 46.3 Å². The van der Waals surface area contributed by atoms with Gasteiger partial charge in [-0.3, -0.25) is 94.8 Å². The zero-order chi connectivity index (χ0) is 103. The monoisotopic (exact) mass is 2020 g/mol. The average Bonchev–Trinajstić information content (AvgIpc) is 1.69. The van der Waals surface area contributed by atoms with Crippen molar-refractivity contribution in [2.75, 3.05) is 0 Å². The zero-order valence-corrected chi connectivity index (χ0v) is 82.7. The number of rotatable bonds is 38. The quantitative estimate of drug-likeness (QED) is 0.0261. The van der Waals surface area contributed by atoms with Gasteiger partial charge in [-0.2, -0.15) is 19.9 Å². The van der Waals surface area contributed by atoms with E-state index >= 15 is 0 Å². The summed E-state index contributed by atoms with van der Waals surface area (Å²) < 4.78 is 59.2. The van der Waals surface area contributed by atoms with Crippen LogP contribution in [0.4, 0.5) is 8.78 Å². The van der Waals surface area contributed by atoms with Gasteiger partial charge in [-0.25, -0.2) is 28.0 Å². The lowest BCUT2D eigenvalue weighted by atomic mass is 9.83. The summed E-state index contributed by atoms with van der Waals surface area (Å²) in [6.45, 7) is 17.7. The van der Waals surface area contributed by atoms with Gasteiger partial charge < -0.3 is 39.4 Å². The number of alkyl halides is 2. The molecule has 0 aromatic carbocycles. The van der Waals surface area contributed by atoms with Crippen molar-refractivity contribution in [3.05, 3.63) is 298 Å². The molecule has 5 fully saturated rings. The van der Waals surface area contributed by atoms with E-state index in [-0.39, 0.29) is 106 Å². The average molecular weight is 2020 g/mol. The second-order valence-electron chi connectivity index (χ2n) is 39.9. The van der Waals surface area contributed by atoms with E-state index < -0.39 is 74.5 Å². The number of hydrogen-bond acceptors (Lipinski definition) is 28. The first-order valence-corrected chi connectivity index (χ1v) is 51.5. The van der Waals surface area contributed by atoms with Crippen molar-refractivity contribution >= 4 is 23.6 Å². The van der Waals surface area contributed by atoms with Gasteiger partial charge in [0.15, 0.2) is 23.3 Å². The molecule has 0 unspecified atom stereocenters. The third-order valence-electron chi connectivity index (χ3n) is 29.4. The minimum atomic E-state index is -2.64. The van der Waals surface area contributed by atoms with Gasteiger partial charge in [-0.15, -0.1) is 0 Å². The van der Waals surface area contributed by atoms with E-state index in [1.807, 2.05) is 42.5 Å². The Kier molecular flexibility index (Phi) is 32.0. The molecule has 12 aromatic heterocycles. The molecule has 774 valence electrons. The minimum Gasteiger partial charge on any atom is -0.332 e. The standard InChI is InChI=1S/C28H32N6O4.C27H30F2N6O4.C26H30N6O4.C25H28N6O4/c1-18-17-20-23(24(35)30-18)33(16-6-11-28(12-13-28)19-9-10-19)27(37)34(26(20)36)15-5-3-8-22-31-25(38-32-22)21-7-2-4-14-29-21;1-17-16-19-22(23(36)31-17)34(15-10-18-8-11-27(28,29)12-9-18)26(38)35(25(19)37)14-5-3-7-21-32-24(39-33-21)20-6-2-4-13-30-20;1-17-16-19-22(23(33)28-17)31(15-12-18-8-2-3-9-18)26(35)32(25(19)34)14-7-5-11-21-29-24(36-30-21)20-10-4-6-13-27-20;1-16-15-18-21(22(32)27-16)30(14-11-17-7-6-8-17)25(34)31(24(18)33)13-5-3-10-20-28-23(35-29-20)19-9-2-4-12-26-19/h2,4,7,14,19H,1,3,5-6,8-13,15-17H2,(H,30,35);2,4,6,13,18H,1,3,5,7-12,14-16H2,(H,31,36);4,6,10,13,18H,1-3,5,7-9,11-12,14-16H2,(H,28,33);2,4,9,12,17H,1,3,5-8,10-11,13-15H2,(H,27,32). The van der Waals surface area contributed by atoms with E-state index in [9.17, 15) is 66.3 Å². The largest absolute Gasteiger partial charge is 0.332 e. The first kappa shape index (κ1) is 103. The summed E-state index contributed by atoms with van der Waals surface area (Å²) in [5, 5.41) is 26.7. The van der Waals surface area contributed by atoms with Crippen LogP contribution in [-0.2, 0) is 104 Å². The van der Waals surface area contributed by atoms with Gasteiger partial charge in [-0.05, 0) is 200 Å². The molecule has 148 heavy (non-hydrogen) atoms. The van der Waals surface area contributed by atoms with Crippen LogP contribution in [-0.4, -0.2) is 127 Å². The van der Waals surface area contributed by atoms with E-state index in [4.69, 9.17) is 18.1 Å². The molecule has 4 aliphatic heterocycles. The van der Waals surface area contributed by atoms with Gasteiger partial charge in [0.25, 0.3) is 69.4 Å². The molecule has 0 spiro atoms. The molecule has 0 saturated heterocycles. The lowest BCUT2D eigenvalue weighted by molar-refractivity contribution is -0.0469. The fourth-order valence-corrected chi connectivity index (χ4v) is 20.9. The molecule has 40 nitrogen and oxygen atoms in total. The highest BCUT2D eigenvalue weighted by Crippen LogP contribution is 2.64. The van der Waals surface area contributed by atoms with Gasteiger partial charge >= 0.3 is 22.8 Å². The maximum atomic E-state index is 13.6. The first-order valence-electron chi connectivity index (χ1n) is 51.5. The number of unbranched alkanes of at least 4 members (excludes halogenated alkanes) is 4. The molecule has 5 saturated carbocycles. The molecular formula is C106H120F2N24O16. The van der Waals surface area contributed by atoms with Gasteiger partial charge in [0, 0.05) is 164 Å². The Morgan fingerprint density at radius 1 is 0.318 bits per heavy atom. The van der Waals surface area contributed by atoms with Crippen molar-refractivity contribution in [2.45, 2.75) is 289 Å². The number of halogens is 2. The molecule has 16 heterocycles. The third kappa shape index (κ3) is 24.1. The second kappa shape index (κ2) is 46.1. The molecule has 5 aliphatic carbocycles. The second-order valence-corrected chi connectivity index (χ2v) is 39.9. The summed E-state index contributed by atoms with van der Waals surface area (Å²) in [5.74, 6) is 1.12. The van der Waals surface area contributed by atoms with Crippen molar-refractivity contribution in [1.29, 1.82) is 0 Å². The highest BCUT2D eigenvalue weighted by atomic mass is 19.3. The Hall–Kier alpha value is -15.4. The lowest BCUT2D eigenvalue weighted by Gasteiger charge is -2.29. The summed E-state index contributed by atoms with van der Waals surface area (Å²) in [7, 11) is 0. The Morgan fingerprint density at radius 2 is 0.588 bits per heavy atom. The molecule has 0 atom stereocenters. The van der Waals surface area contributed by atoms with Gasteiger partial charge in [0.05, 0.1) is 22.3 Å². The number of fused-ring (bicyclic) bond motifs is 4. The number of carbonyl (C=O) groups excluding carboxylic acids is 4. The molecule has 4 N–H and O–H groups in total. The third-order valence-corrected chi connectivity index (χ3v) is 29.4. The first-order chi connectivity index (χ1) is 71.7. The Labute approximate surface area is 846 Å². The Bertz CT molecular complexity index is 7480. The fraction of sp³-hybridized carbons (Fsp3) is 0.472. The van der Waals surface area contributed by atoms with Crippen LogP contribution >= 0.6 is 0 Å². The van der Waals surface area contributed by atoms with Crippen molar-refractivity contribution < 1.29 is 46.1 Å². The number of amides is 4. The number of carbonyl (C=O) groups is 4. The van der Waals surface area contributed by atoms with Crippen LogP contribution in [0.1, 0.15) is 267 Å². The lowest BCUT2D eigenvalue weighted by Crippen LogP contribution is -2.48. The number of hydrogen-bond donors (Lipinski definition) is 4. The number of pyridine rings is 4. The van der Waals surface area contributed by atoms with E-state index in [0.29, 0.717) is 242 Å². The summed E-state index contributed by atoms with van der Waals surface area (Å²) in [6.07, 6.45) is 32.2. The van der Waals surface area contributed by atoms with Crippen molar-refractivity contribution in [3.63, 3.8) is 0 Å². The van der Waals surface area contributed by atoms with E-state index in [2.05, 4.69) is 108 Å². The van der Waals surface area contributed by atoms with E-state index in [1.54, 1.807) is 55.1 Å². The summed E-state index contributed by atoms with van der Waals surface area (Å²) in [4.78, 5) is 192. The van der Waals surface area contributed by atoms with Crippen molar-refractivity contribution in [1.82, 2.24) is 118 Å². The van der Waals surface area contributed by atoms with Crippen LogP contribution in [0.5, 0.6) is 0 Å². The maximum Gasteiger partial charge on any atom is 0.331 e. The van der Waals surface area contributed by atoms with Gasteiger partial charge in [-0.1, -0.05) is 116 Å². The van der Waals surface area contributed by atoms with Crippen LogP contribution in [0.2, 0.25) is 0 Å². The molecule has 42 heteroatoms. The summed E-state index contributed by atoms with van der Waals surface area (Å²) >= 11 is 0. The fourth-order valence-electron chi connectivity index (χ4n) is 20.9. The van der Waals surface area contributed by atoms with Crippen molar-refractivity contribution in [2.24, 2.45) is 29.1 Å². The molecule has 12 aromatic rings. The highest BCUT2D eigenvalue weighted by molar-refractivity contribution is 5.98. The van der Waals surface area contributed by atoms with Crippen LogP contribution < -0.4 is 66.3 Å². The minimum absolute atomic E-state index is 0.0279. The predicted octanol–water partition coefficient (Wildman–Crippen LogP) is 12.1. The van der Waals surface area contributed by atoms with E-state index in [0.717, 1.165) is 61.9 Å². The topological polar surface area (TPSA) is 500 Å². The summed E-state index contributed by atoms with van der Waals surface area (Å²) in [5.41, 5.74) is 3.07. The number of nitrogens with zero attached hydrogens (tertiary/aromatic N) is 20. The SMILES string of the molecule is C=C1Cc2c(n(CCC3CCC(F)(F)CC3)c(=O)n(CCCCc3noc(-c4ccccn4)n3)c2=O)C(=O)N1.C=C1Cc2c(n(CCC3CCC3)c(=O)n(CCCCc3noc(-c4ccccn4)n3)c2=O)C(=O)N1.C=C1Cc2c(n(CCC3CCCC3)c(=O)n(CCCCc3noc(-c4ccccn4)n3)c2=O)C(=O)N1.C=C1Cc2c(n(CCCC3(C4CC4)CC3)c(=O)n(CCCCc3noc(-c4ccccn4)n3)c2=O)C(=O)N1. The van der Waals surface area contributed by atoms with Crippen LogP contribution in [0.25, 0.3) is 46.3 Å². The van der Waals surface area contributed by atoms with Crippen LogP contribution in [0.3, 0.4) is 0 Å². The molecule has 21 rings (SSSR count). The van der Waals surface area contributed by atoms with Crippen LogP contribution in [0.15, 0.2) is 203 Å². The van der Waals surface area contributed by atoms with Gasteiger partial charge in [0.1, 0.15) is 45.6 Å². The molecular weight excluding hydrogens is 1900 g/mol. The van der Waals surface area contributed by atoms with Gasteiger partial charge in [0.2, 0.25) is 5.92 Å². The highest BCUT2D eigenvalue weighted by Gasteiger charge is 2.53. The van der Waals surface area contributed by atoms with Crippen LogP contribution in [0, 0.1) is 29.1 Å². The number of aromatic nitrogens is 20. The Balaban J connectivity index is 0.000000129.